The summed E-state index contributed by atoms with van der Waals surface area (Å²) in [5.74, 6) is 1.04. The van der Waals surface area contributed by atoms with Gasteiger partial charge in [-0.3, -0.25) is 0 Å². The summed E-state index contributed by atoms with van der Waals surface area (Å²) in [6.45, 7) is 13.1. The summed E-state index contributed by atoms with van der Waals surface area (Å²) in [4.78, 5) is 10.4. The fourth-order valence-electron chi connectivity index (χ4n) is 2.72. The van der Waals surface area contributed by atoms with E-state index in [1.54, 1.807) is 0 Å². The van der Waals surface area contributed by atoms with Crippen LogP contribution >= 0.6 is 11.8 Å². The maximum absolute atomic E-state index is 10.4. The van der Waals surface area contributed by atoms with Gasteiger partial charge in [0.1, 0.15) is 6.29 Å². The molecule has 0 fully saturated rings. The molecule has 0 radical (unpaired) electrons. The Morgan fingerprint density at radius 1 is 0.607 bits per heavy atom. The number of hydrogen-bond acceptors (Lipinski definition) is 2. The van der Waals surface area contributed by atoms with Gasteiger partial charge >= 0.3 is 0 Å². The molecule has 0 spiro atoms. The molecule has 1 nitrogen and oxygen atoms in total. The molecule has 0 atom stereocenters. The summed E-state index contributed by atoms with van der Waals surface area (Å²) in [5, 5.41) is 2.19. The number of carbonyl (C=O) groups excluding carboxylic acids is 1. The van der Waals surface area contributed by atoms with E-state index in [4.69, 9.17) is 0 Å². The van der Waals surface area contributed by atoms with Gasteiger partial charge in [0.2, 0.25) is 0 Å². The molecular weight excluding hydrogens is 360 g/mol. The van der Waals surface area contributed by atoms with Crippen molar-refractivity contribution in [3.8, 4) is 0 Å². The van der Waals surface area contributed by atoms with Crippen LogP contribution in [-0.4, -0.2) is 12.0 Å². The minimum Gasteiger partial charge on any atom is -0.303 e. The first-order valence-corrected chi connectivity index (χ1v) is 11.7. The molecule has 0 saturated carbocycles. The largest absolute Gasteiger partial charge is 0.303 e. The number of unbranched alkanes of at least 4 members (excludes halogenated alkanes) is 1. The van der Waals surface area contributed by atoms with Gasteiger partial charge in [0.25, 0.3) is 0 Å². The van der Waals surface area contributed by atoms with Crippen molar-refractivity contribution in [1.82, 2.24) is 0 Å². The number of hydrogen-bond donors (Lipinski definition) is 0. The maximum Gasteiger partial charge on any atom is 0.120 e. The second-order valence-electron chi connectivity index (χ2n) is 8.07. The highest BCUT2D eigenvalue weighted by Crippen LogP contribution is 2.16. The van der Waals surface area contributed by atoms with Crippen LogP contribution in [0.3, 0.4) is 0 Å². The lowest BCUT2D eigenvalue weighted by atomic mass is 10.1. The molecular formula is C26H42OS. The Morgan fingerprint density at radius 2 is 1.11 bits per heavy atom. The third-order valence-electron chi connectivity index (χ3n) is 4.53. The van der Waals surface area contributed by atoms with Gasteiger partial charge in [-0.1, -0.05) is 52.2 Å². The fraction of sp³-hybridized carbons (Fsp3) is 0.577. The highest BCUT2D eigenvalue weighted by Gasteiger charge is 1.94. The second kappa shape index (κ2) is 17.8. The van der Waals surface area contributed by atoms with E-state index < -0.39 is 0 Å². The van der Waals surface area contributed by atoms with E-state index >= 15 is 0 Å². The van der Waals surface area contributed by atoms with E-state index in [9.17, 15) is 4.79 Å². The molecule has 2 heteroatoms. The van der Waals surface area contributed by atoms with E-state index in [-0.39, 0.29) is 0 Å². The fourth-order valence-corrected chi connectivity index (χ4v) is 3.58. The van der Waals surface area contributed by atoms with Gasteiger partial charge < -0.3 is 4.79 Å². The van der Waals surface area contributed by atoms with E-state index in [0.717, 1.165) is 44.1 Å². The van der Waals surface area contributed by atoms with Crippen molar-refractivity contribution in [2.24, 2.45) is 0 Å². The molecule has 0 aromatic carbocycles. The summed E-state index contributed by atoms with van der Waals surface area (Å²) in [6.07, 6.45) is 18.9. The number of carbonyl (C=O) groups is 1. The molecule has 0 aromatic heterocycles. The monoisotopic (exact) mass is 402 g/mol. The molecule has 0 aliphatic heterocycles. The van der Waals surface area contributed by atoms with Crippen molar-refractivity contribution in [2.75, 3.05) is 5.75 Å². The Morgan fingerprint density at radius 3 is 1.68 bits per heavy atom. The number of thioether (sulfide) groups is 1. The van der Waals surface area contributed by atoms with E-state index in [1.807, 2.05) is 11.8 Å². The molecule has 0 aliphatic carbocycles. The van der Waals surface area contributed by atoms with E-state index in [1.165, 1.54) is 40.7 Å². The number of aldehydes is 1. The molecule has 28 heavy (non-hydrogen) atoms. The van der Waals surface area contributed by atoms with Crippen LogP contribution in [0.25, 0.3) is 0 Å². The Labute approximate surface area is 179 Å². The highest BCUT2D eigenvalue weighted by atomic mass is 32.2. The molecule has 0 N–H and O–H groups in total. The van der Waals surface area contributed by atoms with Gasteiger partial charge in [0.15, 0.2) is 0 Å². The molecule has 0 rings (SSSR count). The van der Waals surface area contributed by atoms with E-state index in [2.05, 4.69) is 71.3 Å². The van der Waals surface area contributed by atoms with Crippen LogP contribution in [0.4, 0.5) is 0 Å². The first-order valence-electron chi connectivity index (χ1n) is 10.7. The van der Waals surface area contributed by atoms with Gasteiger partial charge in [0.05, 0.1) is 0 Å². The topological polar surface area (TPSA) is 17.1 Å². The van der Waals surface area contributed by atoms with Crippen molar-refractivity contribution in [2.45, 2.75) is 92.9 Å². The predicted octanol–water partition coefficient (Wildman–Crippen LogP) is 8.75. The van der Waals surface area contributed by atoms with Crippen LogP contribution in [0, 0.1) is 0 Å². The number of allylic oxidation sites excluding steroid dienone is 8. The van der Waals surface area contributed by atoms with Gasteiger partial charge in [-0.15, -0.1) is 11.8 Å². The smallest absolute Gasteiger partial charge is 0.120 e. The van der Waals surface area contributed by atoms with Crippen molar-refractivity contribution >= 4 is 18.0 Å². The predicted molar refractivity (Wildman–Crippen MR) is 130 cm³/mol. The summed E-state index contributed by atoms with van der Waals surface area (Å²) in [5.41, 5.74) is 7.16. The normalized spacial score (nSPS) is 13.6. The molecule has 158 valence electrons. The van der Waals surface area contributed by atoms with Gasteiger partial charge in [0, 0.05) is 12.2 Å². The molecule has 0 heterocycles. The third kappa shape index (κ3) is 18.1. The van der Waals surface area contributed by atoms with Crippen LogP contribution in [0.1, 0.15) is 92.9 Å². The summed E-state index contributed by atoms with van der Waals surface area (Å²) < 4.78 is 0. The SMILES string of the molecule is CC(C)=CCC/C(C)=C/CC/C(C)=C/CC/C=C(\C)CS/C=C(\C)CCC=O. The zero-order chi connectivity index (χ0) is 21.2. The van der Waals surface area contributed by atoms with Crippen molar-refractivity contribution in [1.29, 1.82) is 0 Å². The van der Waals surface area contributed by atoms with Gasteiger partial charge in [-0.2, -0.15) is 0 Å². The maximum atomic E-state index is 10.4. The van der Waals surface area contributed by atoms with Crippen LogP contribution in [0.2, 0.25) is 0 Å². The van der Waals surface area contributed by atoms with Crippen molar-refractivity contribution in [3.05, 3.63) is 57.6 Å². The van der Waals surface area contributed by atoms with Crippen molar-refractivity contribution in [3.63, 3.8) is 0 Å². The Balaban J connectivity index is 4.02. The van der Waals surface area contributed by atoms with Gasteiger partial charge in [-0.25, -0.2) is 0 Å². The number of rotatable bonds is 15. The Kier molecular flexibility index (Phi) is 17.0. The zero-order valence-electron chi connectivity index (χ0n) is 19.1. The standard InChI is InChI=1S/C26H42OS/c1-22(2)12-9-15-24(4)17-10-16-23(3)13-7-8-14-25(5)20-28-21-26(6)18-11-19-27/h12-14,17,19,21H,7-11,15-16,18,20H2,1-6H3/b23-13+,24-17+,25-14+,26-21+. The van der Waals surface area contributed by atoms with Gasteiger partial charge in [-0.05, 0) is 91.9 Å². The molecule has 0 unspecified atom stereocenters. The minimum atomic E-state index is 0.634. The lowest BCUT2D eigenvalue weighted by Gasteiger charge is -2.02. The second-order valence-corrected chi connectivity index (χ2v) is 8.93. The first-order chi connectivity index (χ1) is 13.3. The summed E-state index contributed by atoms with van der Waals surface area (Å²) in [6, 6.07) is 0. The van der Waals surface area contributed by atoms with Crippen LogP contribution < -0.4 is 0 Å². The minimum absolute atomic E-state index is 0.634. The Bertz CT molecular complexity index is 584. The highest BCUT2D eigenvalue weighted by molar-refractivity contribution is 8.02. The summed E-state index contributed by atoms with van der Waals surface area (Å²) >= 11 is 1.83. The lowest BCUT2D eigenvalue weighted by Crippen LogP contribution is -1.83. The van der Waals surface area contributed by atoms with E-state index in [0.29, 0.717) is 6.42 Å². The third-order valence-corrected chi connectivity index (χ3v) is 5.72. The van der Waals surface area contributed by atoms with Crippen LogP contribution in [0.5, 0.6) is 0 Å². The molecule has 0 saturated heterocycles. The average Bonchev–Trinajstić information content (AvgIpc) is 2.63. The average molecular weight is 403 g/mol. The quantitative estimate of drug-likeness (QED) is 0.155. The summed E-state index contributed by atoms with van der Waals surface area (Å²) in [7, 11) is 0. The lowest BCUT2D eigenvalue weighted by molar-refractivity contribution is -0.107. The van der Waals surface area contributed by atoms with Crippen molar-refractivity contribution < 1.29 is 4.79 Å². The molecule has 0 aromatic rings. The Hall–Kier alpha value is -1.28. The molecule has 0 aliphatic rings. The zero-order valence-corrected chi connectivity index (χ0v) is 20.0. The molecule has 0 bridgehead atoms. The first kappa shape index (κ1) is 26.7. The molecule has 0 amide bonds. The van der Waals surface area contributed by atoms with Crippen LogP contribution in [0.15, 0.2) is 57.6 Å². The van der Waals surface area contributed by atoms with Crippen LogP contribution in [-0.2, 0) is 4.79 Å².